The molecule has 16 heavy (non-hydrogen) atoms. The molecule has 0 bridgehead atoms. The Morgan fingerprint density at radius 2 is 1.69 bits per heavy atom. The Kier molecular flexibility index (Phi) is 5.12. The SMILES string of the molecule is O=C(O)[C@@H](CCC(F)F)NC(=O)C(F)(F)F. The van der Waals surface area contributed by atoms with Crippen LogP contribution in [0.25, 0.3) is 0 Å². The van der Waals surface area contributed by atoms with E-state index in [1.54, 1.807) is 0 Å². The Morgan fingerprint density at radius 3 is 2.00 bits per heavy atom. The second kappa shape index (κ2) is 5.61. The number of amides is 1. The van der Waals surface area contributed by atoms with E-state index in [-0.39, 0.29) is 0 Å². The van der Waals surface area contributed by atoms with Gasteiger partial charge in [0, 0.05) is 6.42 Å². The van der Waals surface area contributed by atoms with E-state index in [2.05, 4.69) is 0 Å². The zero-order valence-corrected chi connectivity index (χ0v) is 7.72. The van der Waals surface area contributed by atoms with Crippen LogP contribution in [0.5, 0.6) is 0 Å². The van der Waals surface area contributed by atoms with Gasteiger partial charge >= 0.3 is 18.1 Å². The maximum Gasteiger partial charge on any atom is 0.471 e. The third kappa shape index (κ3) is 5.47. The second-order valence-corrected chi connectivity index (χ2v) is 2.83. The largest absolute Gasteiger partial charge is 0.480 e. The molecule has 0 aliphatic rings. The van der Waals surface area contributed by atoms with Gasteiger partial charge in [-0.3, -0.25) is 4.79 Å². The van der Waals surface area contributed by atoms with Crippen LogP contribution < -0.4 is 5.32 Å². The molecule has 0 spiro atoms. The summed E-state index contributed by atoms with van der Waals surface area (Å²) in [5, 5.41) is 9.49. The van der Waals surface area contributed by atoms with E-state index in [1.807, 2.05) is 0 Å². The van der Waals surface area contributed by atoms with Crippen molar-refractivity contribution in [3.8, 4) is 0 Å². The molecule has 0 aromatic heterocycles. The predicted molar refractivity (Wildman–Crippen MR) is 40.9 cm³/mol. The zero-order valence-electron chi connectivity index (χ0n) is 7.72. The number of carbonyl (C=O) groups excluding carboxylic acids is 1. The number of carboxylic acid groups (broad SMARTS) is 1. The molecule has 94 valence electrons. The summed E-state index contributed by atoms with van der Waals surface area (Å²) in [6.07, 6.45) is -9.76. The van der Waals surface area contributed by atoms with E-state index in [0.29, 0.717) is 0 Å². The summed E-state index contributed by atoms with van der Waals surface area (Å²) in [5.41, 5.74) is 0. The molecule has 0 heterocycles. The number of carbonyl (C=O) groups is 2. The highest BCUT2D eigenvalue weighted by Crippen LogP contribution is 2.15. The summed E-state index contributed by atoms with van der Waals surface area (Å²) in [5.74, 6) is -4.26. The monoisotopic (exact) mass is 249 g/mol. The van der Waals surface area contributed by atoms with Gasteiger partial charge in [0.15, 0.2) is 0 Å². The van der Waals surface area contributed by atoms with Crippen molar-refractivity contribution < 1.29 is 36.6 Å². The Bertz CT molecular complexity index is 265. The molecular weight excluding hydrogens is 241 g/mol. The highest BCUT2D eigenvalue weighted by Gasteiger charge is 2.40. The molecule has 0 rings (SSSR count). The minimum atomic E-state index is -5.24. The van der Waals surface area contributed by atoms with Gasteiger partial charge in [-0.2, -0.15) is 13.2 Å². The minimum Gasteiger partial charge on any atom is -0.480 e. The summed E-state index contributed by atoms with van der Waals surface area (Å²) < 4.78 is 58.6. The van der Waals surface area contributed by atoms with Gasteiger partial charge < -0.3 is 10.4 Å². The molecule has 0 aliphatic heterocycles. The van der Waals surface area contributed by atoms with Crippen molar-refractivity contribution in [3.63, 3.8) is 0 Å². The molecule has 0 aliphatic carbocycles. The van der Waals surface area contributed by atoms with Crippen LogP contribution in [0.1, 0.15) is 12.8 Å². The molecule has 1 atom stereocenters. The smallest absolute Gasteiger partial charge is 0.471 e. The van der Waals surface area contributed by atoms with Crippen LogP contribution in [-0.2, 0) is 9.59 Å². The predicted octanol–water partition coefficient (Wildman–Crippen LogP) is 1.16. The number of rotatable bonds is 5. The lowest BCUT2D eigenvalue weighted by atomic mass is 10.1. The molecule has 0 fully saturated rings. The van der Waals surface area contributed by atoms with Crippen LogP contribution >= 0.6 is 0 Å². The molecule has 0 saturated carbocycles. The normalized spacial score (nSPS) is 13.6. The molecule has 4 nitrogen and oxygen atoms in total. The lowest BCUT2D eigenvalue weighted by molar-refractivity contribution is -0.175. The summed E-state index contributed by atoms with van der Waals surface area (Å²) in [4.78, 5) is 20.7. The van der Waals surface area contributed by atoms with Crippen LogP contribution in [0, 0.1) is 0 Å². The first-order valence-corrected chi connectivity index (χ1v) is 4.03. The highest BCUT2D eigenvalue weighted by molar-refractivity contribution is 5.86. The zero-order chi connectivity index (χ0) is 12.9. The average Bonchev–Trinajstić information content (AvgIpc) is 2.09. The number of aliphatic carboxylic acids is 1. The maximum absolute atomic E-state index is 11.7. The van der Waals surface area contributed by atoms with Gasteiger partial charge in [-0.1, -0.05) is 0 Å². The first-order chi connectivity index (χ1) is 7.14. The molecule has 1 amide bonds. The number of hydrogen-bond acceptors (Lipinski definition) is 2. The van der Waals surface area contributed by atoms with Crippen LogP contribution in [0.4, 0.5) is 22.0 Å². The fourth-order valence-electron chi connectivity index (χ4n) is 0.790. The van der Waals surface area contributed by atoms with Crippen LogP contribution in [-0.4, -0.2) is 35.6 Å². The Balaban J connectivity index is 4.35. The van der Waals surface area contributed by atoms with Crippen molar-refractivity contribution in [2.24, 2.45) is 0 Å². The molecule has 0 aromatic rings. The number of nitrogens with one attached hydrogen (secondary N) is 1. The number of alkyl halides is 5. The maximum atomic E-state index is 11.7. The Labute approximate surface area is 86.4 Å². The number of hydrogen-bond donors (Lipinski definition) is 2. The van der Waals surface area contributed by atoms with Crippen molar-refractivity contribution in [1.29, 1.82) is 0 Å². The van der Waals surface area contributed by atoms with Crippen molar-refractivity contribution in [3.05, 3.63) is 0 Å². The molecule has 2 N–H and O–H groups in total. The van der Waals surface area contributed by atoms with Crippen molar-refractivity contribution in [2.45, 2.75) is 31.5 Å². The van der Waals surface area contributed by atoms with E-state index in [9.17, 15) is 31.5 Å². The topological polar surface area (TPSA) is 66.4 Å². The molecule has 0 saturated heterocycles. The fraction of sp³-hybridized carbons (Fsp3) is 0.714. The second-order valence-electron chi connectivity index (χ2n) is 2.83. The van der Waals surface area contributed by atoms with Crippen molar-refractivity contribution in [2.75, 3.05) is 0 Å². The van der Waals surface area contributed by atoms with E-state index in [0.717, 1.165) is 5.32 Å². The van der Waals surface area contributed by atoms with Gasteiger partial charge in [0.2, 0.25) is 6.43 Å². The van der Waals surface area contributed by atoms with E-state index < -0.39 is 43.4 Å². The van der Waals surface area contributed by atoms with Gasteiger partial charge in [-0.15, -0.1) is 0 Å². The Morgan fingerprint density at radius 1 is 1.19 bits per heavy atom. The molecule has 0 aromatic carbocycles. The molecule has 0 radical (unpaired) electrons. The summed E-state index contributed by atoms with van der Waals surface area (Å²) in [6, 6.07) is -1.97. The van der Waals surface area contributed by atoms with Gasteiger partial charge in [-0.25, -0.2) is 13.6 Å². The summed E-state index contributed by atoms with van der Waals surface area (Å²) in [7, 11) is 0. The van der Waals surface area contributed by atoms with Gasteiger partial charge in [0.1, 0.15) is 6.04 Å². The molecular formula is C7H8F5NO3. The van der Waals surface area contributed by atoms with Crippen molar-refractivity contribution in [1.82, 2.24) is 5.32 Å². The van der Waals surface area contributed by atoms with Crippen LogP contribution in [0.2, 0.25) is 0 Å². The highest BCUT2D eigenvalue weighted by atomic mass is 19.4. The van der Waals surface area contributed by atoms with Crippen LogP contribution in [0.15, 0.2) is 0 Å². The molecule has 9 heteroatoms. The quantitative estimate of drug-likeness (QED) is 0.718. The summed E-state index contributed by atoms with van der Waals surface area (Å²) in [6.45, 7) is 0. The number of halogens is 5. The van der Waals surface area contributed by atoms with Gasteiger partial charge in [-0.05, 0) is 6.42 Å². The van der Waals surface area contributed by atoms with Crippen LogP contribution in [0.3, 0.4) is 0 Å². The number of carboxylic acids is 1. The summed E-state index contributed by atoms with van der Waals surface area (Å²) >= 11 is 0. The average molecular weight is 249 g/mol. The van der Waals surface area contributed by atoms with Gasteiger partial charge in [0.05, 0.1) is 0 Å². The third-order valence-corrected chi connectivity index (χ3v) is 1.53. The van der Waals surface area contributed by atoms with Crippen molar-refractivity contribution >= 4 is 11.9 Å². The fourth-order valence-corrected chi connectivity index (χ4v) is 0.790. The lowest BCUT2D eigenvalue weighted by Crippen LogP contribution is -2.46. The van der Waals surface area contributed by atoms with E-state index >= 15 is 0 Å². The first kappa shape index (κ1) is 14.6. The minimum absolute atomic E-state index is 0.769. The van der Waals surface area contributed by atoms with E-state index in [1.165, 1.54) is 0 Å². The third-order valence-electron chi connectivity index (χ3n) is 1.53. The van der Waals surface area contributed by atoms with E-state index in [4.69, 9.17) is 5.11 Å². The standard InChI is InChI=1S/C7H8F5NO3/c8-4(9)2-1-3(5(14)15)13-6(16)7(10,11)12/h3-4H,1-2H2,(H,13,16)(H,14,15)/t3-/m1/s1. The lowest BCUT2D eigenvalue weighted by Gasteiger charge is -2.15. The first-order valence-electron chi connectivity index (χ1n) is 4.03. The van der Waals surface area contributed by atoms with Gasteiger partial charge in [0.25, 0.3) is 0 Å². The molecule has 0 unspecified atom stereocenters. The Hall–Kier alpha value is -1.41.